The number of anilines is 1. The van der Waals surface area contributed by atoms with Gasteiger partial charge in [0.2, 0.25) is 5.91 Å². The third-order valence-corrected chi connectivity index (χ3v) is 6.60. The van der Waals surface area contributed by atoms with Crippen LogP contribution in [-0.2, 0) is 17.4 Å². The Kier molecular flexibility index (Phi) is 5.24. The summed E-state index contributed by atoms with van der Waals surface area (Å²) in [6.45, 7) is 6.23. The van der Waals surface area contributed by atoms with Crippen molar-refractivity contribution >= 4 is 45.7 Å². The van der Waals surface area contributed by atoms with Gasteiger partial charge < -0.3 is 10.2 Å². The molecule has 1 unspecified atom stereocenters. The summed E-state index contributed by atoms with van der Waals surface area (Å²) < 4.78 is 16.8. The van der Waals surface area contributed by atoms with E-state index in [1.165, 1.54) is 18.2 Å². The predicted molar refractivity (Wildman–Crippen MR) is 119 cm³/mol. The molecule has 0 saturated carbocycles. The van der Waals surface area contributed by atoms with Crippen LogP contribution in [0.4, 0.5) is 10.1 Å². The molecule has 1 aliphatic heterocycles. The molecule has 0 bridgehead atoms. The van der Waals surface area contributed by atoms with Crippen molar-refractivity contribution in [3.05, 3.63) is 70.1 Å². The van der Waals surface area contributed by atoms with Gasteiger partial charge in [-0.1, -0.05) is 29.8 Å². The summed E-state index contributed by atoms with van der Waals surface area (Å²) in [5, 5.41) is 9.42. The molecule has 8 heteroatoms. The van der Waals surface area contributed by atoms with E-state index in [9.17, 15) is 4.79 Å². The van der Waals surface area contributed by atoms with E-state index in [1.54, 1.807) is 4.90 Å². The van der Waals surface area contributed by atoms with Crippen LogP contribution in [0.5, 0.6) is 0 Å². The first-order valence-electron chi connectivity index (χ1n) is 9.52. The van der Waals surface area contributed by atoms with Gasteiger partial charge in [0, 0.05) is 42.5 Å². The summed E-state index contributed by atoms with van der Waals surface area (Å²) in [5.74, 6) is -0.687. The van der Waals surface area contributed by atoms with E-state index in [0.717, 1.165) is 22.3 Å². The number of nitrogens with one attached hydrogen (secondary N) is 1. The second-order valence-corrected chi connectivity index (χ2v) is 8.37. The van der Waals surface area contributed by atoms with Crippen molar-refractivity contribution in [2.24, 2.45) is 7.05 Å². The van der Waals surface area contributed by atoms with E-state index in [1.807, 2.05) is 36.9 Å². The van der Waals surface area contributed by atoms with E-state index >= 15 is 4.39 Å². The highest BCUT2D eigenvalue weighted by molar-refractivity contribution is 6.42. The number of benzene rings is 2. The summed E-state index contributed by atoms with van der Waals surface area (Å²) in [4.78, 5) is 13.9. The third kappa shape index (κ3) is 3.34. The maximum atomic E-state index is 15.0. The fourth-order valence-corrected chi connectivity index (χ4v) is 4.64. The predicted octanol–water partition coefficient (Wildman–Crippen LogP) is 5.05. The summed E-state index contributed by atoms with van der Waals surface area (Å²) in [6, 6.07) is 8.55. The Balaban J connectivity index is 1.82. The molecule has 3 aromatic rings. The highest BCUT2D eigenvalue weighted by Crippen LogP contribution is 2.43. The van der Waals surface area contributed by atoms with Crippen LogP contribution in [0.25, 0.3) is 10.9 Å². The van der Waals surface area contributed by atoms with Gasteiger partial charge in [-0.2, -0.15) is 5.10 Å². The zero-order chi connectivity index (χ0) is 21.6. The van der Waals surface area contributed by atoms with Crippen LogP contribution in [0, 0.1) is 12.7 Å². The van der Waals surface area contributed by atoms with Crippen LogP contribution in [-0.4, -0.2) is 33.7 Å². The first kappa shape index (κ1) is 20.7. The van der Waals surface area contributed by atoms with Crippen LogP contribution in [0.2, 0.25) is 10.0 Å². The highest BCUT2D eigenvalue weighted by Gasteiger charge is 2.44. The van der Waals surface area contributed by atoms with E-state index < -0.39 is 11.4 Å². The number of nitrogens with zero attached hydrogens (tertiary/aromatic N) is 3. The van der Waals surface area contributed by atoms with Gasteiger partial charge in [0.25, 0.3) is 0 Å². The van der Waals surface area contributed by atoms with Gasteiger partial charge in [-0.05, 0) is 49.8 Å². The number of hydrogen-bond acceptors (Lipinski definition) is 3. The molecule has 2 heterocycles. The first-order chi connectivity index (χ1) is 14.3. The SMILES string of the molecule is C=CC(=O)N1CCC(Nc2ccc3c(C)n(C)nc3c2)(c2c(F)ccc(Cl)c2Cl)C1. The van der Waals surface area contributed by atoms with E-state index in [-0.39, 0.29) is 28.1 Å². The van der Waals surface area contributed by atoms with Crippen LogP contribution in [0.15, 0.2) is 43.0 Å². The zero-order valence-electron chi connectivity index (χ0n) is 16.7. The highest BCUT2D eigenvalue weighted by atomic mass is 35.5. The van der Waals surface area contributed by atoms with Crippen LogP contribution < -0.4 is 5.32 Å². The molecule has 1 atom stereocenters. The van der Waals surface area contributed by atoms with E-state index in [4.69, 9.17) is 23.2 Å². The molecule has 1 saturated heterocycles. The van der Waals surface area contributed by atoms with Crippen molar-refractivity contribution in [3.63, 3.8) is 0 Å². The van der Waals surface area contributed by atoms with E-state index in [0.29, 0.717) is 13.0 Å². The number of fused-ring (bicyclic) bond motifs is 1. The number of hydrogen-bond donors (Lipinski definition) is 1. The molecule has 1 amide bonds. The average Bonchev–Trinajstić information content (AvgIpc) is 3.26. The van der Waals surface area contributed by atoms with Crippen LogP contribution >= 0.6 is 23.2 Å². The molecule has 1 aliphatic rings. The fourth-order valence-electron chi connectivity index (χ4n) is 4.15. The standard InChI is InChI=1S/C22H21Cl2FN4O/c1-4-19(30)29-10-9-22(12-29,20-17(25)8-7-16(23)21(20)24)26-14-5-6-15-13(2)28(3)27-18(15)11-14/h4-8,11,26H,1,9-10,12H2,2-3H3. The quantitative estimate of drug-likeness (QED) is 0.450. The minimum absolute atomic E-state index is 0.145. The lowest BCUT2D eigenvalue weighted by Crippen LogP contribution is -2.41. The number of aryl methyl sites for hydroxylation is 2. The topological polar surface area (TPSA) is 50.2 Å². The van der Waals surface area contributed by atoms with Gasteiger partial charge in [-0.15, -0.1) is 0 Å². The van der Waals surface area contributed by atoms with Crippen molar-refractivity contribution in [2.75, 3.05) is 18.4 Å². The molecular formula is C22H21Cl2FN4O. The lowest BCUT2D eigenvalue weighted by molar-refractivity contribution is -0.125. The Morgan fingerprint density at radius 1 is 1.33 bits per heavy atom. The molecule has 1 fully saturated rings. The summed E-state index contributed by atoms with van der Waals surface area (Å²) in [6.07, 6.45) is 1.72. The second-order valence-electron chi connectivity index (χ2n) is 7.58. The lowest BCUT2D eigenvalue weighted by Gasteiger charge is -2.33. The minimum Gasteiger partial charge on any atom is -0.373 e. The number of aromatic nitrogens is 2. The smallest absolute Gasteiger partial charge is 0.246 e. The molecule has 30 heavy (non-hydrogen) atoms. The number of rotatable bonds is 4. The molecule has 1 aromatic heterocycles. The Hall–Kier alpha value is -2.57. The molecule has 2 aromatic carbocycles. The second kappa shape index (κ2) is 7.60. The van der Waals surface area contributed by atoms with Crippen molar-refractivity contribution in [3.8, 4) is 0 Å². The number of carbonyl (C=O) groups is 1. The molecular weight excluding hydrogens is 426 g/mol. The van der Waals surface area contributed by atoms with Crippen molar-refractivity contribution in [2.45, 2.75) is 18.9 Å². The lowest BCUT2D eigenvalue weighted by atomic mass is 9.87. The number of amides is 1. The van der Waals surface area contributed by atoms with Gasteiger partial charge >= 0.3 is 0 Å². The molecule has 0 spiro atoms. The van der Waals surface area contributed by atoms with Gasteiger partial charge in [-0.25, -0.2) is 4.39 Å². The molecule has 5 nitrogen and oxygen atoms in total. The molecule has 156 valence electrons. The van der Waals surface area contributed by atoms with Gasteiger partial charge in [0.05, 0.1) is 21.1 Å². The Labute approximate surface area is 184 Å². The Bertz CT molecular complexity index is 1180. The fraction of sp³-hybridized carbons (Fsp3) is 0.273. The maximum absolute atomic E-state index is 15.0. The van der Waals surface area contributed by atoms with E-state index in [2.05, 4.69) is 17.0 Å². The summed E-state index contributed by atoms with van der Waals surface area (Å²) >= 11 is 12.7. The van der Waals surface area contributed by atoms with Crippen molar-refractivity contribution < 1.29 is 9.18 Å². The average molecular weight is 447 g/mol. The monoisotopic (exact) mass is 446 g/mol. The minimum atomic E-state index is -0.942. The maximum Gasteiger partial charge on any atom is 0.246 e. The van der Waals surface area contributed by atoms with Gasteiger partial charge in [0.15, 0.2) is 0 Å². The Morgan fingerprint density at radius 3 is 2.83 bits per heavy atom. The third-order valence-electron chi connectivity index (χ3n) is 5.79. The zero-order valence-corrected chi connectivity index (χ0v) is 18.2. The van der Waals surface area contributed by atoms with Gasteiger partial charge in [-0.3, -0.25) is 9.48 Å². The largest absolute Gasteiger partial charge is 0.373 e. The molecule has 4 rings (SSSR count). The summed E-state index contributed by atoms with van der Waals surface area (Å²) in [7, 11) is 1.89. The van der Waals surface area contributed by atoms with Crippen LogP contribution in [0.3, 0.4) is 0 Å². The number of likely N-dealkylation sites (tertiary alicyclic amines) is 1. The van der Waals surface area contributed by atoms with Gasteiger partial charge in [0.1, 0.15) is 5.82 Å². The van der Waals surface area contributed by atoms with Crippen molar-refractivity contribution in [1.82, 2.24) is 14.7 Å². The number of halogens is 3. The normalized spacial score (nSPS) is 18.8. The molecule has 0 radical (unpaired) electrons. The number of carbonyl (C=O) groups excluding carboxylic acids is 1. The molecule has 1 N–H and O–H groups in total. The first-order valence-corrected chi connectivity index (χ1v) is 10.3. The summed E-state index contributed by atoms with van der Waals surface area (Å²) in [5.41, 5.74) is 1.95. The molecule has 0 aliphatic carbocycles. The van der Waals surface area contributed by atoms with Crippen molar-refractivity contribution in [1.29, 1.82) is 0 Å². The van der Waals surface area contributed by atoms with Crippen LogP contribution in [0.1, 0.15) is 17.7 Å². The Morgan fingerprint density at radius 2 is 2.10 bits per heavy atom.